The Morgan fingerprint density at radius 1 is 0.826 bits per heavy atom. The molecule has 0 saturated carbocycles. The van der Waals surface area contributed by atoms with Crippen molar-refractivity contribution in [3.63, 3.8) is 0 Å². The molecule has 0 spiro atoms. The molecular weight excluding hydrogens is 286 g/mol. The molecule has 0 saturated heterocycles. The van der Waals surface area contributed by atoms with Gasteiger partial charge in [0.25, 0.3) is 0 Å². The molecule has 0 radical (unpaired) electrons. The number of benzene rings is 1. The van der Waals surface area contributed by atoms with Crippen LogP contribution in [-0.4, -0.2) is 11.6 Å². The third-order valence-electron chi connectivity index (χ3n) is 5.25. The first-order valence-electron chi connectivity index (χ1n) is 8.53. The van der Waals surface area contributed by atoms with Crippen molar-refractivity contribution < 1.29 is 9.59 Å². The molecule has 1 aromatic rings. The van der Waals surface area contributed by atoms with Crippen LogP contribution in [-0.2, 0) is 9.59 Å². The lowest BCUT2D eigenvalue weighted by Gasteiger charge is -2.41. The number of rotatable bonds is 1. The van der Waals surface area contributed by atoms with E-state index in [1.807, 2.05) is 12.1 Å². The maximum Gasteiger partial charge on any atom is 0.160 e. The van der Waals surface area contributed by atoms with Crippen molar-refractivity contribution in [1.29, 1.82) is 0 Å². The molecule has 3 heteroatoms. The van der Waals surface area contributed by atoms with Gasteiger partial charge in [0.2, 0.25) is 0 Å². The molecule has 0 bridgehead atoms. The average molecular weight is 307 g/mol. The van der Waals surface area contributed by atoms with E-state index in [-0.39, 0.29) is 11.6 Å². The molecule has 0 aromatic heterocycles. The van der Waals surface area contributed by atoms with Gasteiger partial charge in [0.05, 0.1) is 0 Å². The molecule has 1 aliphatic heterocycles. The summed E-state index contributed by atoms with van der Waals surface area (Å²) in [5.41, 5.74) is 6.36. The predicted octanol–water partition coefficient (Wildman–Crippen LogP) is 4.22. The quantitative estimate of drug-likeness (QED) is 0.779. The zero-order valence-corrected chi connectivity index (χ0v) is 13.5. The molecule has 1 aromatic carbocycles. The fourth-order valence-electron chi connectivity index (χ4n) is 4.10. The van der Waals surface area contributed by atoms with Crippen molar-refractivity contribution >= 4 is 17.3 Å². The number of ketones is 2. The van der Waals surface area contributed by atoms with E-state index in [9.17, 15) is 9.59 Å². The third kappa shape index (κ3) is 2.26. The second-order valence-electron chi connectivity index (χ2n) is 6.70. The maximum absolute atomic E-state index is 12.5. The van der Waals surface area contributed by atoms with E-state index in [0.717, 1.165) is 53.9 Å². The van der Waals surface area contributed by atoms with Crippen LogP contribution in [0.1, 0.15) is 50.5 Å². The summed E-state index contributed by atoms with van der Waals surface area (Å²) >= 11 is 0. The smallest absolute Gasteiger partial charge is 0.160 e. The summed E-state index contributed by atoms with van der Waals surface area (Å²) in [6.07, 6.45) is 5.49. The second-order valence-corrected chi connectivity index (χ2v) is 6.70. The summed E-state index contributed by atoms with van der Waals surface area (Å²) in [7, 11) is 0. The first-order chi connectivity index (χ1) is 11.2. The van der Waals surface area contributed by atoms with Gasteiger partial charge in [-0.25, -0.2) is 0 Å². The van der Waals surface area contributed by atoms with Crippen LogP contribution in [0.25, 0.3) is 0 Å². The second kappa shape index (κ2) is 5.48. The Balaban J connectivity index is 1.93. The molecule has 0 atom stereocenters. The van der Waals surface area contributed by atoms with E-state index in [2.05, 4.69) is 24.0 Å². The molecule has 4 rings (SSSR count). The summed E-state index contributed by atoms with van der Waals surface area (Å²) in [4.78, 5) is 27.2. The first kappa shape index (κ1) is 14.4. The van der Waals surface area contributed by atoms with Gasteiger partial charge in [0.1, 0.15) is 0 Å². The zero-order chi connectivity index (χ0) is 16.0. The minimum atomic E-state index is 0.231. The lowest BCUT2D eigenvalue weighted by atomic mass is 9.80. The highest BCUT2D eigenvalue weighted by Gasteiger charge is 2.36. The van der Waals surface area contributed by atoms with Crippen molar-refractivity contribution in [1.82, 2.24) is 0 Å². The minimum Gasteiger partial charge on any atom is -0.317 e. The Bertz CT molecular complexity index is 728. The van der Waals surface area contributed by atoms with Gasteiger partial charge in [0, 0.05) is 47.5 Å². The van der Waals surface area contributed by atoms with Crippen LogP contribution in [0.15, 0.2) is 46.8 Å². The summed E-state index contributed by atoms with van der Waals surface area (Å²) < 4.78 is 0. The van der Waals surface area contributed by atoms with E-state index >= 15 is 0 Å². The van der Waals surface area contributed by atoms with E-state index < -0.39 is 0 Å². The SMILES string of the molecule is Cc1ccccc1N1C2=C(CC3=C1CCCC3=O)C(=O)CCC2. The molecule has 3 aliphatic rings. The molecule has 0 fully saturated rings. The van der Waals surface area contributed by atoms with Crippen molar-refractivity contribution in [2.45, 2.75) is 51.9 Å². The molecule has 2 aliphatic carbocycles. The standard InChI is InChI=1S/C20H21NO2/c1-13-6-2-3-7-16(13)21-17-8-4-10-19(22)14(17)12-15-18(21)9-5-11-20(15)23/h2-3,6-7H,4-5,8-12H2,1H3. The lowest BCUT2D eigenvalue weighted by Crippen LogP contribution is -2.35. The number of carbonyl (C=O) groups is 2. The Kier molecular flexibility index (Phi) is 3.44. The van der Waals surface area contributed by atoms with Crippen LogP contribution in [0.3, 0.4) is 0 Å². The number of allylic oxidation sites excluding steroid dienone is 4. The molecule has 0 N–H and O–H groups in total. The summed E-state index contributed by atoms with van der Waals surface area (Å²) in [6, 6.07) is 8.27. The minimum absolute atomic E-state index is 0.231. The zero-order valence-electron chi connectivity index (χ0n) is 13.5. The number of anilines is 1. The maximum atomic E-state index is 12.5. The Hall–Kier alpha value is -2.16. The Labute approximate surface area is 136 Å². The van der Waals surface area contributed by atoms with Gasteiger partial charge in [-0.2, -0.15) is 0 Å². The Morgan fingerprint density at radius 3 is 1.96 bits per heavy atom. The Morgan fingerprint density at radius 2 is 1.39 bits per heavy atom. The highest BCUT2D eigenvalue weighted by Crippen LogP contribution is 2.44. The fraction of sp³-hybridized carbons (Fsp3) is 0.400. The largest absolute Gasteiger partial charge is 0.317 e. The van der Waals surface area contributed by atoms with Gasteiger partial charge in [-0.1, -0.05) is 18.2 Å². The van der Waals surface area contributed by atoms with E-state index in [1.54, 1.807) is 0 Å². The van der Waals surface area contributed by atoms with Gasteiger partial charge in [-0.3, -0.25) is 9.59 Å². The van der Waals surface area contributed by atoms with Crippen LogP contribution in [0.5, 0.6) is 0 Å². The van der Waals surface area contributed by atoms with Crippen LogP contribution in [0.2, 0.25) is 0 Å². The number of hydrogen-bond acceptors (Lipinski definition) is 3. The van der Waals surface area contributed by atoms with Gasteiger partial charge < -0.3 is 4.90 Å². The van der Waals surface area contributed by atoms with Gasteiger partial charge in [-0.15, -0.1) is 0 Å². The number of carbonyl (C=O) groups excluding carboxylic acids is 2. The van der Waals surface area contributed by atoms with E-state index in [4.69, 9.17) is 0 Å². The van der Waals surface area contributed by atoms with Gasteiger partial charge >= 0.3 is 0 Å². The topological polar surface area (TPSA) is 37.4 Å². The van der Waals surface area contributed by atoms with Crippen LogP contribution < -0.4 is 4.90 Å². The van der Waals surface area contributed by atoms with Crippen LogP contribution in [0, 0.1) is 6.92 Å². The molecule has 118 valence electrons. The van der Waals surface area contributed by atoms with Crippen molar-refractivity contribution in [3.8, 4) is 0 Å². The highest BCUT2D eigenvalue weighted by atomic mass is 16.1. The van der Waals surface area contributed by atoms with Crippen molar-refractivity contribution in [3.05, 3.63) is 52.4 Å². The van der Waals surface area contributed by atoms with Gasteiger partial charge in [-0.05, 0) is 44.2 Å². The van der Waals surface area contributed by atoms with Crippen LogP contribution in [0.4, 0.5) is 5.69 Å². The summed E-state index contributed by atoms with van der Waals surface area (Å²) in [6.45, 7) is 2.10. The normalized spacial score (nSPS) is 21.5. The van der Waals surface area contributed by atoms with Crippen LogP contribution >= 0.6 is 0 Å². The average Bonchev–Trinajstić information content (AvgIpc) is 2.55. The third-order valence-corrected chi connectivity index (χ3v) is 5.25. The highest BCUT2D eigenvalue weighted by molar-refractivity contribution is 6.05. The van der Waals surface area contributed by atoms with Gasteiger partial charge in [0.15, 0.2) is 11.6 Å². The number of aryl methyl sites for hydroxylation is 1. The van der Waals surface area contributed by atoms with Crippen molar-refractivity contribution in [2.24, 2.45) is 0 Å². The number of Topliss-reactive ketones (excluding diaryl/α,β-unsaturated/α-hetero) is 2. The molecule has 0 unspecified atom stereocenters. The number of nitrogens with zero attached hydrogens (tertiary/aromatic N) is 1. The summed E-state index contributed by atoms with van der Waals surface area (Å²) in [5, 5.41) is 0. The molecule has 23 heavy (non-hydrogen) atoms. The fourth-order valence-corrected chi connectivity index (χ4v) is 4.10. The molecule has 3 nitrogen and oxygen atoms in total. The molecule has 1 heterocycles. The summed E-state index contributed by atoms with van der Waals surface area (Å²) in [5.74, 6) is 0.463. The molecule has 0 amide bonds. The predicted molar refractivity (Wildman–Crippen MR) is 90.0 cm³/mol. The molecular formula is C20H21NO2. The van der Waals surface area contributed by atoms with E-state index in [1.165, 1.54) is 5.56 Å². The van der Waals surface area contributed by atoms with E-state index in [0.29, 0.717) is 19.3 Å². The number of para-hydroxylation sites is 1. The van der Waals surface area contributed by atoms with Crippen molar-refractivity contribution in [2.75, 3.05) is 4.90 Å². The monoisotopic (exact) mass is 307 g/mol. The lowest BCUT2D eigenvalue weighted by molar-refractivity contribution is -0.116. The number of hydrogen-bond donors (Lipinski definition) is 0. The first-order valence-corrected chi connectivity index (χ1v) is 8.53.